The van der Waals surface area contributed by atoms with Gasteiger partial charge in [-0.05, 0) is 48.2 Å². The molecule has 0 fully saturated rings. The Morgan fingerprint density at radius 3 is 2.49 bits per heavy atom. The molecule has 4 N–H and O–H groups in total. The SMILES string of the molecule is Cc1cc(-c2onc(C)c2NC(=O)OCCc2ccccc2F)ccc1-c1ccc(C(=N)N)cc1. The number of carbonyl (C=O) groups excluding carboxylic acids is 1. The zero-order valence-electron chi connectivity index (χ0n) is 19.4. The van der Waals surface area contributed by atoms with Gasteiger partial charge in [0.05, 0.1) is 6.61 Å². The van der Waals surface area contributed by atoms with Crippen LogP contribution in [0.5, 0.6) is 0 Å². The van der Waals surface area contributed by atoms with Gasteiger partial charge in [-0.15, -0.1) is 0 Å². The van der Waals surface area contributed by atoms with Gasteiger partial charge in [0, 0.05) is 17.5 Å². The molecule has 0 spiro atoms. The summed E-state index contributed by atoms with van der Waals surface area (Å²) in [6.45, 7) is 3.73. The Kier molecular flexibility index (Phi) is 6.91. The van der Waals surface area contributed by atoms with Crippen molar-refractivity contribution in [2.75, 3.05) is 11.9 Å². The number of amidine groups is 1. The van der Waals surface area contributed by atoms with Gasteiger partial charge in [-0.25, -0.2) is 9.18 Å². The lowest BCUT2D eigenvalue weighted by atomic mass is 9.96. The first-order chi connectivity index (χ1) is 16.8. The summed E-state index contributed by atoms with van der Waals surface area (Å²) in [5.41, 5.74) is 11.3. The predicted molar refractivity (Wildman–Crippen MR) is 133 cm³/mol. The van der Waals surface area contributed by atoms with Gasteiger partial charge in [0.25, 0.3) is 0 Å². The summed E-state index contributed by atoms with van der Waals surface area (Å²) in [5.74, 6) is 0.104. The van der Waals surface area contributed by atoms with E-state index in [4.69, 9.17) is 20.4 Å². The normalized spacial score (nSPS) is 10.7. The molecule has 0 aliphatic rings. The van der Waals surface area contributed by atoms with Crippen molar-refractivity contribution >= 4 is 17.6 Å². The summed E-state index contributed by atoms with van der Waals surface area (Å²) in [5, 5.41) is 14.2. The number of benzene rings is 3. The van der Waals surface area contributed by atoms with E-state index < -0.39 is 6.09 Å². The van der Waals surface area contributed by atoms with Crippen molar-refractivity contribution < 1.29 is 18.4 Å². The van der Waals surface area contributed by atoms with Crippen molar-refractivity contribution in [3.8, 4) is 22.5 Å². The van der Waals surface area contributed by atoms with Gasteiger partial charge in [-0.2, -0.15) is 0 Å². The van der Waals surface area contributed by atoms with Gasteiger partial charge in [-0.3, -0.25) is 10.7 Å². The number of hydrogen-bond acceptors (Lipinski definition) is 5. The smallest absolute Gasteiger partial charge is 0.411 e. The van der Waals surface area contributed by atoms with Crippen LogP contribution in [0.25, 0.3) is 22.5 Å². The molecule has 178 valence electrons. The second-order valence-corrected chi connectivity index (χ2v) is 8.10. The molecule has 4 rings (SSSR count). The summed E-state index contributed by atoms with van der Waals surface area (Å²) in [6, 6.07) is 19.6. The van der Waals surface area contributed by atoms with Crippen molar-refractivity contribution in [1.82, 2.24) is 5.16 Å². The van der Waals surface area contributed by atoms with E-state index in [9.17, 15) is 9.18 Å². The molecule has 0 radical (unpaired) electrons. The first-order valence-corrected chi connectivity index (χ1v) is 11.0. The molecular formula is C27H25FN4O3. The molecule has 0 saturated carbocycles. The van der Waals surface area contributed by atoms with Crippen LogP contribution in [0, 0.1) is 25.1 Å². The summed E-state index contributed by atoms with van der Waals surface area (Å²) in [4.78, 5) is 12.4. The minimum absolute atomic E-state index is 0.0232. The lowest BCUT2D eigenvalue weighted by Crippen LogP contribution is -2.16. The number of aromatic nitrogens is 1. The second kappa shape index (κ2) is 10.2. The molecule has 0 unspecified atom stereocenters. The van der Waals surface area contributed by atoms with E-state index in [1.165, 1.54) is 6.07 Å². The Labute approximate surface area is 202 Å². The highest BCUT2D eigenvalue weighted by molar-refractivity contribution is 5.95. The fraction of sp³-hybridized carbons (Fsp3) is 0.148. The molecule has 35 heavy (non-hydrogen) atoms. The van der Waals surface area contributed by atoms with Crippen LogP contribution in [0.1, 0.15) is 22.4 Å². The lowest BCUT2D eigenvalue weighted by molar-refractivity contribution is 0.162. The highest BCUT2D eigenvalue weighted by atomic mass is 19.1. The Hall–Kier alpha value is -4.46. The van der Waals surface area contributed by atoms with Gasteiger partial charge in [0.2, 0.25) is 0 Å². The van der Waals surface area contributed by atoms with Gasteiger partial charge in [0.15, 0.2) is 5.76 Å². The number of ether oxygens (including phenoxy) is 1. The van der Waals surface area contributed by atoms with E-state index in [0.29, 0.717) is 28.3 Å². The number of halogens is 1. The molecule has 0 bridgehead atoms. The molecule has 0 saturated heterocycles. The molecule has 8 heteroatoms. The van der Waals surface area contributed by atoms with Crippen molar-refractivity contribution in [3.05, 3.63) is 94.9 Å². The topological polar surface area (TPSA) is 114 Å². The van der Waals surface area contributed by atoms with Crippen molar-refractivity contribution in [3.63, 3.8) is 0 Å². The number of nitrogens with zero attached hydrogens (tertiary/aromatic N) is 1. The number of nitrogens with two attached hydrogens (primary N) is 1. The zero-order chi connectivity index (χ0) is 24.9. The molecule has 3 aromatic carbocycles. The molecular weight excluding hydrogens is 447 g/mol. The number of hydrogen-bond donors (Lipinski definition) is 3. The monoisotopic (exact) mass is 472 g/mol. The number of aryl methyl sites for hydroxylation is 2. The van der Waals surface area contributed by atoms with Crippen molar-refractivity contribution in [2.45, 2.75) is 20.3 Å². The van der Waals surface area contributed by atoms with Gasteiger partial charge >= 0.3 is 6.09 Å². The third kappa shape index (κ3) is 5.38. The fourth-order valence-electron chi connectivity index (χ4n) is 3.77. The molecule has 7 nitrogen and oxygen atoms in total. The first-order valence-electron chi connectivity index (χ1n) is 11.0. The average Bonchev–Trinajstić information content (AvgIpc) is 3.20. The second-order valence-electron chi connectivity index (χ2n) is 8.10. The van der Waals surface area contributed by atoms with Crippen LogP contribution in [0.15, 0.2) is 71.3 Å². The van der Waals surface area contributed by atoms with Crippen LogP contribution >= 0.6 is 0 Å². The Balaban J connectivity index is 1.47. The maximum atomic E-state index is 13.7. The summed E-state index contributed by atoms with van der Waals surface area (Å²) >= 11 is 0. The summed E-state index contributed by atoms with van der Waals surface area (Å²) < 4.78 is 24.5. The minimum atomic E-state index is -0.673. The molecule has 4 aromatic rings. The number of nitrogens with one attached hydrogen (secondary N) is 2. The van der Waals surface area contributed by atoms with Gasteiger partial charge in [0.1, 0.15) is 23.0 Å². The first kappa shape index (κ1) is 23.7. The summed E-state index contributed by atoms with van der Waals surface area (Å²) in [6.07, 6.45) is -0.406. The standard InChI is InChI=1S/C27H25FN4O3/c1-16-15-21(11-12-22(16)18-7-9-20(10-8-18)26(29)30)25-24(17(2)32-35-25)31-27(33)34-14-13-19-5-3-4-6-23(19)28/h3-12,15H,13-14H2,1-2H3,(H3,29,30)(H,31,33). The number of carbonyl (C=O) groups is 1. The van der Waals surface area contributed by atoms with E-state index in [1.54, 1.807) is 25.1 Å². The van der Waals surface area contributed by atoms with E-state index in [1.807, 2.05) is 49.4 Å². The van der Waals surface area contributed by atoms with Crippen LogP contribution < -0.4 is 11.1 Å². The Bertz CT molecular complexity index is 1380. The van der Waals surface area contributed by atoms with Gasteiger partial charge in [-0.1, -0.05) is 59.8 Å². The van der Waals surface area contributed by atoms with Crippen LogP contribution in [-0.2, 0) is 11.2 Å². The highest BCUT2D eigenvalue weighted by Crippen LogP contribution is 2.34. The van der Waals surface area contributed by atoms with Crippen LogP contribution in [0.4, 0.5) is 14.9 Å². The lowest BCUT2D eigenvalue weighted by Gasteiger charge is -2.10. The molecule has 1 heterocycles. The zero-order valence-corrected chi connectivity index (χ0v) is 19.4. The van der Waals surface area contributed by atoms with Gasteiger partial charge < -0.3 is 15.0 Å². The molecule has 1 aromatic heterocycles. The largest absolute Gasteiger partial charge is 0.449 e. The molecule has 0 aliphatic heterocycles. The Morgan fingerprint density at radius 2 is 1.80 bits per heavy atom. The number of rotatable bonds is 7. The van der Waals surface area contributed by atoms with E-state index >= 15 is 0 Å². The number of nitrogen functional groups attached to an aromatic ring is 1. The maximum absolute atomic E-state index is 13.7. The van der Waals surface area contributed by atoms with E-state index in [0.717, 1.165) is 22.3 Å². The van der Waals surface area contributed by atoms with E-state index in [-0.39, 0.29) is 24.7 Å². The third-order valence-electron chi connectivity index (χ3n) is 5.65. The number of amides is 1. The fourth-order valence-corrected chi connectivity index (χ4v) is 3.77. The van der Waals surface area contributed by atoms with Crippen LogP contribution in [-0.4, -0.2) is 23.7 Å². The predicted octanol–water partition coefficient (Wildman–Crippen LogP) is 5.84. The average molecular weight is 473 g/mol. The van der Waals surface area contributed by atoms with Crippen LogP contribution in [0.2, 0.25) is 0 Å². The van der Waals surface area contributed by atoms with Crippen molar-refractivity contribution in [1.29, 1.82) is 5.41 Å². The third-order valence-corrected chi connectivity index (χ3v) is 5.65. The molecule has 0 atom stereocenters. The maximum Gasteiger partial charge on any atom is 0.411 e. The van der Waals surface area contributed by atoms with Crippen molar-refractivity contribution in [2.24, 2.45) is 5.73 Å². The Morgan fingerprint density at radius 1 is 1.09 bits per heavy atom. The minimum Gasteiger partial charge on any atom is -0.449 e. The van der Waals surface area contributed by atoms with Crippen LogP contribution in [0.3, 0.4) is 0 Å². The molecule has 0 aliphatic carbocycles. The summed E-state index contributed by atoms with van der Waals surface area (Å²) in [7, 11) is 0. The highest BCUT2D eigenvalue weighted by Gasteiger charge is 2.19. The quantitative estimate of drug-likeness (QED) is 0.231. The number of anilines is 1. The van der Waals surface area contributed by atoms with E-state index in [2.05, 4.69) is 10.5 Å². The molecule has 1 amide bonds.